The van der Waals surface area contributed by atoms with Crippen molar-refractivity contribution in [3.8, 4) is 5.75 Å². The summed E-state index contributed by atoms with van der Waals surface area (Å²) in [5.41, 5.74) is 0.428. The molecule has 104 valence electrons. The minimum absolute atomic E-state index is 0.130. The van der Waals surface area contributed by atoms with Crippen molar-refractivity contribution >= 4 is 11.8 Å². The van der Waals surface area contributed by atoms with E-state index < -0.39 is 5.41 Å². The molecule has 0 spiro atoms. The van der Waals surface area contributed by atoms with Crippen molar-refractivity contribution in [3.05, 3.63) is 29.3 Å². The third-order valence-electron chi connectivity index (χ3n) is 2.99. The van der Waals surface area contributed by atoms with Crippen LogP contribution in [0.5, 0.6) is 5.75 Å². The minimum Gasteiger partial charge on any atom is -0.508 e. The molecule has 0 unspecified atom stereocenters. The molecule has 5 nitrogen and oxygen atoms in total. The molecule has 19 heavy (non-hydrogen) atoms. The number of rotatable bonds is 4. The molecule has 0 atom stereocenters. The Balaban J connectivity index is 2.70. The molecule has 5 heteroatoms. The second kappa shape index (κ2) is 5.73. The van der Waals surface area contributed by atoms with Gasteiger partial charge in [0.15, 0.2) is 0 Å². The Kier molecular flexibility index (Phi) is 4.53. The summed E-state index contributed by atoms with van der Waals surface area (Å²) >= 11 is 0. The minimum atomic E-state index is -0.670. The number of nitrogens with one attached hydrogen (secondary N) is 2. The maximum atomic E-state index is 11.9. The number of aromatic hydroxyl groups is 1. The van der Waals surface area contributed by atoms with E-state index in [1.807, 2.05) is 0 Å². The Bertz CT molecular complexity index is 495. The van der Waals surface area contributed by atoms with E-state index in [0.29, 0.717) is 11.1 Å². The summed E-state index contributed by atoms with van der Waals surface area (Å²) < 4.78 is 0. The highest BCUT2D eigenvalue weighted by Gasteiger charge is 2.27. The first-order valence-electron chi connectivity index (χ1n) is 6.08. The molecular weight excluding hydrogens is 244 g/mol. The molecule has 0 saturated carbocycles. The van der Waals surface area contributed by atoms with E-state index in [1.165, 1.54) is 6.07 Å². The van der Waals surface area contributed by atoms with Gasteiger partial charge in [0.05, 0.1) is 5.41 Å². The molecule has 1 rings (SSSR count). The highest BCUT2D eigenvalue weighted by atomic mass is 16.3. The number of phenols is 1. The van der Waals surface area contributed by atoms with Gasteiger partial charge in [-0.2, -0.15) is 0 Å². The Morgan fingerprint density at radius 3 is 2.47 bits per heavy atom. The topological polar surface area (TPSA) is 78.4 Å². The van der Waals surface area contributed by atoms with Gasteiger partial charge in [0.1, 0.15) is 5.75 Å². The Morgan fingerprint density at radius 1 is 1.32 bits per heavy atom. The largest absolute Gasteiger partial charge is 0.508 e. The van der Waals surface area contributed by atoms with Crippen molar-refractivity contribution in [2.24, 2.45) is 5.41 Å². The lowest BCUT2D eigenvalue weighted by Crippen LogP contribution is -2.43. The van der Waals surface area contributed by atoms with Crippen molar-refractivity contribution < 1.29 is 14.7 Å². The molecule has 0 aliphatic rings. The molecule has 0 heterocycles. The molecule has 0 bridgehead atoms. The lowest BCUT2D eigenvalue weighted by atomic mass is 9.92. The van der Waals surface area contributed by atoms with Gasteiger partial charge in [-0.25, -0.2) is 0 Å². The number of hydrogen-bond acceptors (Lipinski definition) is 3. The second-order valence-corrected chi connectivity index (χ2v) is 5.15. The van der Waals surface area contributed by atoms with E-state index in [9.17, 15) is 14.7 Å². The van der Waals surface area contributed by atoms with E-state index in [0.717, 1.165) is 0 Å². The molecular formula is C14H20N2O3. The normalized spacial score (nSPS) is 10.9. The van der Waals surface area contributed by atoms with Crippen LogP contribution in [0.2, 0.25) is 0 Å². The molecule has 1 aromatic rings. The van der Waals surface area contributed by atoms with Gasteiger partial charge >= 0.3 is 0 Å². The summed E-state index contributed by atoms with van der Waals surface area (Å²) in [6.45, 7) is 5.48. The highest BCUT2D eigenvalue weighted by molar-refractivity contribution is 5.95. The van der Waals surface area contributed by atoms with Crippen LogP contribution in [0, 0.1) is 12.3 Å². The van der Waals surface area contributed by atoms with Crippen LogP contribution in [0.15, 0.2) is 18.2 Å². The summed E-state index contributed by atoms with van der Waals surface area (Å²) in [6.07, 6.45) is 0. The van der Waals surface area contributed by atoms with Crippen molar-refractivity contribution in [1.29, 1.82) is 0 Å². The van der Waals surface area contributed by atoms with Crippen molar-refractivity contribution in [2.45, 2.75) is 20.8 Å². The first-order valence-corrected chi connectivity index (χ1v) is 6.08. The van der Waals surface area contributed by atoms with Gasteiger partial charge in [0.25, 0.3) is 5.91 Å². The molecule has 0 fully saturated rings. The smallest absolute Gasteiger partial charge is 0.251 e. The monoisotopic (exact) mass is 264 g/mol. The van der Waals surface area contributed by atoms with E-state index in [-0.39, 0.29) is 24.1 Å². The summed E-state index contributed by atoms with van der Waals surface area (Å²) in [6, 6.07) is 4.64. The van der Waals surface area contributed by atoms with Crippen LogP contribution in [-0.4, -0.2) is 30.5 Å². The van der Waals surface area contributed by atoms with Crippen molar-refractivity contribution in [2.75, 3.05) is 13.6 Å². The maximum Gasteiger partial charge on any atom is 0.251 e. The molecule has 3 N–H and O–H groups in total. The average molecular weight is 264 g/mol. The van der Waals surface area contributed by atoms with Crippen LogP contribution >= 0.6 is 0 Å². The van der Waals surface area contributed by atoms with Gasteiger partial charge in [0.2, 0.25) is 5.91 Å². The molecule has 0 aromatic heterocycles. The fraction of sp³-hybridized carbons (Fsp3) is 0.429. The zero-order chi connectivity index (χ0) is 14.6. The quantitative estimate of drug-likeness (QED) is 0.764. The fourth-order valence-corrected chi connectivity index (χ4v) is 1.62. The van der Waals surface area contributed by atoms with Crippen LogP contribution in [0.4, 0.5) is 0 Å². The summed E-state index contributed by atoms with van der Waals surface area (Å²) in [7, 11) is 1.56. The number of carbonyl (C=O) groups excluding carboxylic acids is 2. The predicted molar refractivity (Wildman–Crippen MR) is 73.0 cm³/mol. The number of aryl methyl sites for hydroxylation is 1. The number of hydrogen-bond donors (Lipinski definition) is 3. The number of benzene rings is 1. The summed E-state index contributed by atoms with van der Waals surface area (Å²) in [5, 5.41) is 14.7. The second-order valence-electron chi connectivity index (χ2n) is 5.15. The lowest BCUT2D eigenvalue weighted by molar-refractivity contribution is -0.128. The van der Waals surface area contributed by atoms with Gasteiger partial charge in [-0.1, -0.05) is 0 Å². The van der Waals surface area contributed by atoms with E-state index in [1.54, 1.807) is 40.0 Å². The van der Waals surface area contributed by atoms with E-state index in [4.69, 9.17) is 0 Å². The standard InChI is InChI=1S/C14H20N2O3/c1-9-7-10(5-6-11(9)17)12(18)16-8-14(2,3)13(19)15-4/h5-7,17H,8H2,1-4H3,(H,15,19)(H,16,18). The Morgan fingerprint density at radius 2 is 1.95 bits per heavy atom. The van der Waals surface area contributed by atoms with Gasteiger partial charge in [-0.05, 0) is 44.5 Å². The zero-order valence-corrected chi connectivity index (χ0v) is 11.7. The highest BCUT2D eigenvalue weighted by Crippen LogP contribution is 2.17. The van der Waals surface area contributed by atoms with Crippen LogP contribution in [0.25, 0.3) is 0 Å². The van der Waals surface area contributed by atoms with E-state index in [2.05, 4.69) is 10.6 Å². The molecule has 0 aliphatic carbocycles. The van der Waals surface area contributed by atoms with Gasteiger partial charge < -0.3 is 15.7 Å². The number of phenolic OH excluding ortho intramolecular Hbond substituents is 1. The average Bonchev–Trinajstić information content (AvgIpc) is 2.38. The first kappa shape index (κ1) is 15.0. The maximum absolute atomic E-state index is 11.9. The number of carbonyl (C=O) groups is 2. The van der Waals surface area contributed by atoms with Crippen LogP contribution in [0.3, 0.4) is 0 Å². The molecule has 1 aromatic carbocycles. The molecule has 0 aliphatic heterocycles. The molecule has 2 amide bonds. The lowest BCUT2D eigenvalue weighted by Gasteiger charge is -2.22. The Hall–Kier alpha value is -2.04. The zero-order valence-electron chi connectivity index (χ0n) is 11.7. The third-order valence-corrected chi connectivity index (χ3v) is 2.99. The van der Waals surface area contributed by atoms with Gasteiger partial charge in [-0.15, -0.1) is 0 Å². The third kappa shape index (κ3) is 3.71. The SMILES string of the molecule is CNC(=O)C(C)(C)CNC(=O)c1ccc(O)c(C)c1. The van der Waals surface area contributed by atoms with Crippen LogP contribution in [-0.2, 0) is 4.79 Å². The van der Waals surface area contributed by atoms with Crippen LogP contribution in [0.1, 0.15) is 29.8 Å². The first-order chi connectivity index (χ1) is 8.77. The number of amides is 2. The fourth-order valence-electron chi connectivity index (χ4n) is 1.62. The van der Waals surface area contributed by atoms with Gasteiger partial charge in [0, 0.05) is 19.2 Å². The molecule has 0 radical (unpaired) electrons. The summed E-state index contributed by atoms with van der Waals surface area (Å²) in [4.78, 5) is 23.5. The Labute approximate surface area is 113 Å². The predicted octanol–water partition coefficient (Wildman–Crippen LogP) is 1.20. The van der Waals surface area contributed by atoms with Crippen molar-refractivity contribution in [1.82, 2.24) is 10.6 Å². The molecule has 0 saturated heterocycles. The van der Waals surface area contributed by atoms with Crippen LogP contribution < -0.4 is 10.6 Å². The van der Waals surface area contributed by atoms with Crippen molar-refractivity contribution in [3.63, 3.8) is 0 Å². The van der Waals surface area contributed by atoms with Gasteiger partial charge in [-0.3, -0.25) is 9.59 Å². The van der Waals surface area contributed by atoms with E-state index >= 15 is 0 Å². The summed E-state index contributed by atoms with van der Waals surface area (Å²) in [5.74, 6) is -0.239.